The summed E-state index contributed by atoms with van der Waals surface area (Å²) in [6.07, 6.45) is 11.2. The first-order valence-corrected chi connectivity index (χ1v) is 10.00. The molecule has 1 saturated carbocycles. The summed E-state index contributed by atoms with van der Waals surface area (Å²) in [4.78, 5) is 26.5. The Morgan fingerprint density at radius 3 is 2.88 bits per heavy atom. The Kier molecular flexibility index (Phi) is 5.02. The van der Waals surface area contributed by atoms with Gasteiger partial charge in [-0.2, -0.15) is 0 Å². The minimum absolute atomic E-state index is 0.320. The van der Waals surface area contributed by atoms with Crippen molar-refractivity contribution in [3.63, 3.8) is 0 Å². The molecule has 1 aromatic rings. The molecule has 0 aromatic carbocycles. The molecular weight excluding hydrogens is 312 g/mol. The fraction of sp³-hybridized carbons (Fsp3) is 0.750. The summed E-state index contributed by atoms with van der Waals surface area (Å²) >= 11 is 0. The molecule has 0 radical (unpaired) electrons. The van der Waals surface area contributed by atoms with Crippen molar-refractivity contribution in [2.24, 2.45) is 5.92 Å². The molecule has 5 heteroatoms. The van der Waals surface area contributed by atoms with Crippen molar-refractivity contribution in [2.45, 2.75) is 63.8 Å². The Labute approximate surface area is 150 Å². The molecule has 25 heavy (non-hydrogen) atoms. The largest absolute Gasteiger partial charge is 0.342 e. The molecule has 1 aliphatic carbocycles. The second kappa shape index (κ2) is 7.40. The summed E-state index contributed by atoms with van der Waals surface area (Å²) in [5.41, 5.74) is 2.48. The van der Waals surface area contributed by atoms with E-state index in [0.29, 0.717) is 17.7 Å². The molecule has 1 saturated heterocycles. The zero-order chi connectivity index (χ0) is 17.2. The van der Waals surface area contributed by atoms with E-state index in [0.717, 1.165) is 51.3 Å². The third kappa shape index (κ3) is 3.86. The van der Waals surface area contributed by atoms with E-state index in [1.807, 2.05) is 6.20 Å². The molecular formula is C20H30N4O. The lowest BCUT2D eigenvalue weighted by Gasteiger charge is -2.25. The maximum absolute atomic E-state index is 12.6. The van der Waals surface area contributed by atoms with Gasteiger partial charge in [0.1, 0.15) is 5.82 Å². The number of carbonyl (C=O) groups is 1. The Morgan fingerprint density at radius 1 is 1.20 bits per heavy atom. The number of fused-ring (bicyclic) bond motifs is 1. The first kappa shape index (κ1) is 17.0. The van der Waals surface area contributed by atoms with Gasteiger partial charge in [-0.05, 0) is 32.2 Å². The van der Waals surface area contributed by atoms with E-state index >= 15 is 0 Å². The summed E-state index contributed by atoms with van der Waals surface area (Å²) in [6.45, 7) is 3.70. The second-order valence-corrected chi connectivity index (χ2v) is 8.22. The number of amides is 1. The van der Waals surface area contributed by atoms with Gasteiger partial charge in [-0.15, -0.1) is 0 Å². The molecule has 1 aromatic heterocycles. The maximum Gasteiger partial charge on any atom is 0.222 e. The van der Waals surface area contributed by atoms with E-state index in [4.69, 9.17) is 4.98 Å². The van der Waals surface area contributed by atoms with Gasteiger partial charge in [-0.1, -0.05) is 19.3 Å². The highest BCUT2D eigenvalue weighted by Gasteiger charge is 2.31. The van der Waals surface area contributed by atoms with E-state index in [1.165, 1.54) is 43.4 Å². The SMILES string of the molecule is CN1CCc2nc([C@H]3CCN(C(=O)CC4CCCCC4)C3)ncc2C1. The average Bonchev–Trinajstić information content (AvgIpc) is 3.12. The molecule has 0 spiro atoms. The first-order chi connectivity index (χ1) is 12.2. The van der Waals surface area contributed by atoms with Crippen molar-refractivity contribution < 1.29 is 4.79 Å². The van der Waals surface area contributed by atoms with Gasteiger partial charge in [0.15, 0.2) is 0 Å². The van der Waals surface area contributed by atoms with Crippen molar-refractivity contribution in [3.8, 4) is 0 Å². The number of likely N-dealkylation sites (N-methyl/N-ethyl adjacent to an activating group) is 1. The predicted octanol–water partition coefficient (Wildman–Crippen LogP) is 2.75. The Balaban J connectivity index is 1.36. The number of nitrogens with zero attached hydrogens (tertiary/aromatic N) is 4. The molecule has 2 fully saturated rings. The molecule has 2 aliphatic heterocycles. The second-order valence-electron chi connectivity index (χ2n) is 8.22. The molecule has 3 heterocycles. The summed E-state index contributed by atoms with van der Waals surface area (Å²) in [5, 5.41) is 0. The molecule has 0 bridgehead atoms. The van der Waals surface area contributed by atoms with E-state index < -0.39 is 0 Å². The lowest BCUT2D eigenvalue weighted by atomic mass is 9.87. The molecule has 4 rings (SSSR count). The van der Waals surface area contributed by atoms with Crippen LogP contribution in [-0.2, 0) is 17.8 Å². The van der Waals surface area contributed by atoms with Gasteiger partial charge in [-0.25, -0.2) is 9.97 Å². The van der Waals surface area contributed by atoms with E-state index in [1.54, 1.807) is 0 Å². The summed E-state index contributed by atoms with van der Waals surface area (Å²) in [6, 6.07) is 0. The van der Waals surface area contributed by atoms with E-state index in [9.17, 15) is 4.79 Å². The van der Waals surface area contributed by atoms with Crippen molar-refractivity contribution in [1.82, 2.24) is 19.8 Å². The number of rotatable bonds is 3. The maximum atomic E-state index is 12.6. The van der Waals surface area contributed by atoms with Gasteiger partial charge < -0.3 is 9.80 Å². The minimum atomic E-state index is 0.320. The van der Waals surface area contributed by atoms with Crippen LogP contribution in [0.3, 0.4) is 0 Å². The summed E-state index contributed by atoms with van der Waals surface area (Å²) in [5.74, 6) is 2.25. The van der Waals surface area contributed by atoms with Crippen molar-refractivity contribution >= 4 is 5.91 Å². The standard InChI is InChI=1S/C20H30N4O/c1-23-9-8-18-17(13-23)12-21-20(22-18)16-7-10-24(14-16)19(25)11-15-5-3-2-4-6-15/h12,15-16H,2-11,13-14H2,1H3/t16-/m0/s1. The highest BCUT2D eigenvalue weighted by Crippen LogP contribution is 2.30. The van der Waals surface area contributed by atoms with E-state index in [-0.39, 0.29) is 0 Å². The van der Waals surface area contributed by atoms with Gasteiger partial charge in [0, 0.05) is 62.4 Å². The highest BCUT2D eigenvalue weighted by atomic mass is 16.2. The van der Waals surface area contributed by atoms with Crippen LogP contribution in [0.15, 0.2) is 6.20 Å². The Hall–Kier alpha value is -1.49. The van der Waals surface area contributed by atoms with Gasteiger partial charge in [0.05, 0.1) is 0 Å². The smallest absolute Gasteiger partial charge is 0.222 e. The van der Waals surface area contributed by atoms with Gasteiger partial charge in [0.25, 0.3) is 0 Å². The number of hydrogen-bond donors (Lipinski definition) is 0. The minimum Gasteiger partial charge on any atom is -0.342 e. The van der Waals surface area contributed by atoms with Crippen molar-refractivity contribution in [2.75, 3.05) is 26.7 Å². The van der Waals surface area contributed by atoms with Crippen LogP contribution in [0.5, 0.6) is 0 Å². The predicted molar refractivity (Wildman–Crippen MR) is 97.2 cm³/mol. The molecule has 0 unspecified atom stereocenters. The number of carbonyl (C=O) groups excluding carboxylic acids is 1. The quantitative estimate of drug-likeness (QED) is 0.847. The third-order valence-electron chi connectivity index (χ3n) is 6.24. The van der Waals surface area contributed by atoms with Gasteiger partial charge >= 0.3 is 0 Å². The van der Waals surface area contributed by atoms with Crippen LogP contribution in [0.2, 0.25) is 0 Å². The molecule has 5 nitrogen and oxygen atoms in total. The molecule has 1 amide bonds. The fourth-order valence-electron chi connectivity index (χ4n) is 4.63. The van der Waals surface area contributed by atoms with Crippen LogP contribution in [0.25, 0.3) is 0 Å². The third-order valence-corrected chi connectivity index (χ3v) is 6.24. The Morgan fingerprint density at radius 2 is 2.04 bits per heavy atom. The van der Waals surface area contributed by atoms with Crippen LogP contribution in [-0.4, -0.2) is 52.4 Å². The zero-order valence-corrected chi connectivity index (χ0v) is 15.4. The lowest BCUT2D eigenvalue weighted by Crippen LogP contribution is -2.31. The molecule has 0 N–H and O–H groups in total. The van der Waals surface area contributed by atoms with Crippen LogP contribution in [0.4, 0.5) is 0 Å². The van der Waals surface area contributed by atoms with Crippen molar-refractivity contribution in [3.05, 3.63) is 23.3 Å². The first-order valence-electron chi connectivity index (χ1n) is 10.00. The molecule has 3 aliphatic rings. The lowest BCUT2D eigenvalue weighted by molar-refractivity contribution is -0.131. The Bertz CT molecular complexity index is 626. The monoisotopic (exact) mass is 342 g/mol. The highest BCUT2D eigenvalue weighted by molar-refractivity contribution is 5.76. The van der Waals surface area contributed by atoms with Gasteiger partial charge in [0.2, 0.25) is 5.91 Å². The fourth-order valence-corrected chi connectivity index (χ4v) is 4.63. The molecule has 136 valence electrons. The normalized spacial score (nSPS) is 25.2. The number of likely N-dealkylation sites (tertiary alicyclic amines) is 1. The number of hydrogen-bond acceptors (Lipinski definition) is 4. The van der Waals surface area contributed by atoms with Crippen molar-refractivity contribution in [1.29, 1.82) is 0 Å². The van der Waals surface area contributed by atoms with Crippen LogP contribution >= 0.6 is 0 Å². The topological polar surface area (TPSA) is 49.3 Å². The average molecular weight is 342 g/mol. The summed E-state index contributed by atoms with van der Waals surface area (Å²) in [7, 11) is 2.14. The molecule has 1 atom stereocenters. The number of aromatic nitrogens is 2. The van der Waals surface area contributed by atoms with Crippen LogP contribution in [0.1, 0.15) is 67.9 Å². The zero-order valence-electron chi connectivity index (χ0n) is 15.4. The van der Waals surface area contributed by atoms with Crippen LogP contribution in [0, 0.1) is 5.92 Å². The summed E-state index contributed by atoms with van der Waals surface area (Å²) < 4.78 is 0. The van der Waals surface area contributed by atoms with Gasteiger partial charge in [-0.3, -0.25) is 4.79 Å². The van der Waals surface area contributed by atoms with E-state index in [2.05, 4.69) is 21.8 Å². The van der Waals surface area contributed by atoms with Crippen LogP contribution < -0.4 is 0 Å².